The molecule has 36 heavy (non-hydrogen) atoms. The average Bonchev–Trinajstić information content (AvgIpc) is 3.42. The first-order valence-corrected chi connectivity index (χ1v) is 12.2. The van der Waals surface area contributed by atoms with Crippen molar-refractivity contribution >= 4 is 28.7 Å². The highest BCUT2D eigenvalue weighted by atomic mass is 19.1. The second kappa shape index (κ2) is 8.91. The number of halogens is 1. The number of aliphatic hydroxyl groups excluding tert-OH is 1. The smallest absolute Gasteiger partial charge is 0.254 e. The molecule has 0 radical (unpaired) electrons. The molecule has 0 saturated carbocycles. The maximum atomic E-state index is 13.6. The van der Waals surface area contributed by atoms with Crippen molar-refractivity contribution in [3.63, 3.8) is 0 Å². The largest absolute Gasteiger partial charge is 0.391 e. The average molecular weight is 487 g/mol. The van der Waals surface area contributed by atoms with E-state index in [4.69, 9.17) is 0 Å². The van der Waals surface area contributed by atoms with Gasteiger partial charge in [0.2, 0.25) is 0 Å². The first-order chi connectivity index (χ1) is 17.5. The summed E-state index contributed by atoms with van der Waals surface area (Å²) in [5.41, 5.74) is 5.23. The van der Waals surface area contributed by atoms with Crippen molar-refractivity contribution in [2.45, 2.75) is 32.4 Å². The Bertz CT molecular complexity index is 1440. The van der Waals surface area contributed by atoms with E-state index in [-0.39, 0.29) is 17.8 Å². The zero-order chi connectivity index (χ0) is 24.8. The van der Waals surface area contributed by atoms with Crippen molar-refractivity contribution in [2.24, 2.45) is 5.92 Å². The van der Waals surface area contributed by atoms with Crippen LogP contribution >= 0.6 is 0 Å². The number of nitrogens with zero attached hydrogens (tertiary/aromatic N) is 4. The number of pyridine rings is 2. The van der Waals surface area contributed by atoms with Gasteiger partial charge in [-0.2, -0.15) is 0 Å². The molecule has 1 fully saturated rings. The number of fused-ring (bicyclic) bond motifs is 2. The van der Waals surface area contributed by atoms with Gasteiger partial charge in [-0.3, -0.25) is 9.20 Å². The van der Waals surface area contributed by atoms with Gasteiger partial charge < -0.3 is 20.6 Å². The second-order valence-electron chi connectivity index (χ2n) is 9.68. The molecule has 2 atom stereocenters. The predicted molar refractivity (Wildman–Crippen MR) is 136 cm³/mol. The summed E-state index contributed by atoms with van der Waals surface area (Å²) in [4.78, 5) is 23.9. The summed E-state index contributed by atoms with van der Waals surface area (Å²) < 4.78 is 15.4. The van der Waals surface area contributed by atoms with Crippen molar-refractivity contribution in [3.8, 4) is 11.3 Å². The number of benzene rings is 1. The molecule has 9 heteroatoms. The van der Waals surface area contributed by atoms with Gasteiger partial charge >= 0.3 is 0 Å². The van der Waals surface area contributed by atoms with Gasteiger partial charge in [-0.15, -0.1) is 0 Å². The Balaban J connectivity index is 1.30. The molecule has 2 aliphatic rings. The van der Waals surface area contributed by atoms with Crippen LogP contribution in [0.5, 0.6) is 0 Å². The number of imidazole rings is 1. The minimum absolute atomic E-state index is 0.154. The summed E-state index contributed by atoms with van der Waals surface area (Å²) >= 11 is 0. The molecule has 1 aromatic carbocycles. The zero-order valence-corrected chi connectivity index (χ0v) is 19.9. The summed E-state index contributed by atoms with van der Waals surface area (Å²) in [5.74, 6) is 0.633. The number of β-amino-alcohol motifs (C(OH)–C–C–N with tert-alkyl or cyclic N) is 1. The van der Waals surface area contributed by atoms with E-state index in [2.05, 4.69) is 32.4 Å². The normalized spacial score (nSPS) is 19.8. The van der Waals surface area contributed by atoms with Gasteiger partial charge in [0.25, 0.3) is 5.91 Å². The molecule has 8 nitrogen and oxygen atoms in total. The van der Waals surface area contributed by atoms with Crippen LogP contribution in [0.3, 0.4) is 0 Å². The molecule has 6 rings (SSSR count). The number of rotatable bonds is 4. The zero-order valence-electron chi connectivity index (χ0n) is 19.9. The topological polar surface area (TPSA) is 94.8 Å². The maximum absolute atomic E-state index is 13.6. The van der Waals surface area contributed by atoms with Crippen LogP contribution in [0.1, 0.15) is 35.7 Å². The number of nitrogens with one attached hydrogen (secondary N) is 2. The fourth-order valence-corrected chi connectivity index (χ4v) is 5.21. The molecule has 3 N–H and O–H groups in total. The molecule has 5 heterocycles. The lowest BCUT2D eigenvalue weighted by Crippen LogP contribution is -2.32. The van der Waals surface area contributed by atoms with E-state index >= 15 is 0 Å². The summed E-state index contributed by atoms with van der Waals surface area (Å²) in [6.07, 6.45) is 6.64. The summed E-state index contributed by atoms with van der Waals surface area (Å²) in [6, 6.07) is 10.5. The number of hydrogen-bond donors (Lipinski definition) is 3. The standard InChI is InChI=1S/C27H27FN6O2/c1-16-2-4-19(35)15-33(14-16)18-3-7-24(29-11-18)32-22-6-5-20(21-12-31-27(36)26(21)22)23-13-30-25-10-17(28)8-9-34(23)25/h3,5-11,13,16,19,35H,2,4,12,14-15H2,1H3,(H,29,32)(H,31,36). The number of carbonyl (C=O) groups is 1. The fraction of sp³-hybridized carbons (Fsp3) is 0.296. The third kappa shape index (κ3) is 4.05. The third-order valence-electron chi connectivity index (χ3n) is 7.05. The van der Waals surface area contributed by atoms with E-state index in [1.165, 1.54) is 12.1 Å². The molecule has 2 aliphatic heterocycles. The van der Waals surface area contributed by atoms with Gasteiger partial charge in [-0.1, -0.05) is 13.0 Å². The van der Waals surface area contributed by atoms with Gasteiger partial charge in [-0.25, -0.2) is 14.4 Å². The lowest BCUT2D eigenvalue weighted by molar-refractivity contribution is 0.0966. The Morgan fingerprint density at radius 1 is 1.11 bits per heavy atom. The van der Waals surface area contributed by atoms with E-state index in [1.807, 2.05) is 28.7 Å². The number of carbonyl (C=O) groups excluding carboxylic acids is 1. The highest BCUT2D eigenvalue weighted by Gasteiger charge is 2.27. The first kappa shape index (κ1) is 22.5. The second-order valence-corrected chi connectivity index (χ2v) is 9.68. The van der Waals surface area contributed by atoms with Gasteiger partial charge in [0.15, 0.2) is 0 Å². The van der Waals surface area contributed by atoms with Crippen LogP contribution in [-0.2, 0) is 6.54 Å². The van der Waals surface area contributed by atoms with Gasteiger partial charge in [0.1, 0.15) is 17.3 Å². The van der Waals surface area contributed by atoms with Crippen LogP contribution in [-0.4, -0.2) is 44.6 Å². The molecule has 1 saturated heterocycles. The molecule has 4 aromatic rings. The van der Waals surface area contributed by atoms with Crippen molar-refractivity contribution in [1.29, 1.82) is 0 Å². The van der Waals surface area contributed by atoms with Crippen LogP contribution in [0, 0.1) is 11.7 Å². The maximum Gasteiger partial charge on any atom is 0.254 e. The quantitative estimate of drug-likeness (QED) is 0.402. The van der Waals surface area contributed by atoms with Crippen molar-refractivity contribution in [2.75, 3.05) is 23.3 Å². The molecule has 2 unspecified atom stereocenters. The van der Waals surface area contributed by atoms with Crippen molar-refractivity contribution in [1.82, 2.24) is 19.7 Å². The molecular weight excluding hydrogens is 459 g/mol. The molecular formula is C27H27FN6O2. The van der Waals surface area contributed by atoms with Gasteiger partial charge in [0, 0.05) is 37.5 Å². The lowest BCUT2D eigenvalue weighted by atomic mass is 9.99. The van der Waals surface area contributed by atoms with E-state index < -0.39 is 0 Å². The minimum Gasteiger partial charge on any atom is -0.391 e. The Morgan fingerprint density at radius 2 is 2.00 bits per heavy atom. The van der Waals surface area contributed by atoms with Crippen LogP contribution in [0.15, 0.2) is 55.0 Å². The van der Waals surface area contributed by atoms with Gasteiger partial charge in [-0.05, 0) is 48.6 Å². The third-order valence-corrected chi connectivity index (χ3v) is 7.05. The number of anilines is 3. The highest BCUT2D eigenvalue weighted by molar-refractivity contribution is 6.06. The van der Waals surface area contributed by atoms with E-state index in [9.17, 15) is 14.3 Å². The fourth-order valence-electron chi connectivity index (χ4n) is 5.21. The van der Waals surface area contributed by atoms with Crippen molar-refractivity contribution < 1.29 is 14.3 Å². The number of amides is 1. The van der Waals surface area contributed by atoms with E-state index in [0.717, 1.165) is 41.9 Å². The Kier molecular flexibility index (Phi) is 5.56. The minimum atomic E-state index is -0.346. The molecule has 0 spiro atoms. The Labute approximate surface area is 207 Å². The molecule has 184 valence electrons. The van der Waals surface area contributed by atoms with E-state index in [0.29, 0.717) is 41.7 Å². The van der Waals surface area contributed by atoms with Crippen molar-refractivity contribution in [3.05, 3.63) is 71.9 Å². The van der Waals surface area contributed by atoms with Crippen LogP contribution < -0.4 is 15.5 Å². The molecule has 0 aliphatic carbocycles. The summed E-state index contributed by atoms with van der Waals surface area (Å²) in [6.45, 7) is 4.09. The number of hydrogen-bond acceptors (Lipinski definition) is 6. The SMILES string of the molecule is CC1CCC(O)CN(c2ccc(Nc3ccc(-c4cnc5cc(F)ccn45)c4c3C(=O)NC4)nc2)C1. The number of aromatic nitrogens is 3. The van der Waals surface area contributed by atoms with Gasteiger partial charge in [0.05, 0.1) is 41.1 Å². The Morgan fingerprint density at radius 3 is 2.83 bits per heavy atom. The summed E-state index contributed by atoms with van der Waals surface area (Å²) in [5, 5.41) is 16.4. The highest BCUT2D eigenvalue weighted by Crippen LogP contribution is 2.35. The lowest BCUT2D eigenvalue weighted by Gasteiger charge is -2.26. The van der Waals surface area contributed by atoms with Crippen LogP contribution in [0.2, 0.25) is 0 Å². The van der Waals surface area contributed by atoms with E-state index in [1.54, 1.807) is 18.6 Å². The predicted octanol–water partition coefficient (Wildman–Crippen LogP) is 4.12. The molecule has 3 aromatic heterocycles. The molecule has 0 bridgehead atoms. The number of aliphatic hydroxyl groups is 1. The molecule has 1 amide bonds. The first-order valence-electron chi connectivity index (χ1n) is 12.2. The Hall–Kier alpha value is -3.98. The monoisotopic (exact) mass is 486 g/mol. The van der Waals surface area contributed by atoms with Crippen LogP contribution in [0.4, 0.5) is 21.6 Å². The van der Waals surface area contributed by atoms with Crippen LogP contribution in [0.25, 0.3) is 16.9 Å². The summed E-state index contributed by atoms with van der Waals surface area (Å²) in [7, 11) is 0.